The van der Waals surface area contributed by atoms with Gasteiger partial charge in [0.2, 0.25) is 0 Å². The molecule has 4 heteroatoms. The third-order valence-electron chi connectivity index (χ3n) is 1.83. The molecule has 0 saturated heterocycles. The molecule has 0 aliphatic rings. The summed E-state index contributed by atoms with van der Waals surface area (Å²) in [5, 5.41) is 0. The summed E-state index contributed by atoms with van der Waals surface area (Å²) in [7, 11) is 0. The van der Waals surface area contributed by atoms with E-state index in [9.17, 15) is 9.59 Å². The van der Waals surface area contributed by atoms with Crippen LogP contribution in [0.25, 0.3) is 0 Å². The number of carbonyl (C=O) groups is 2. The lowest BCUT2D eigenvalue weighted by atomic mass is 10.2. The zero-order valence-corrected chi connectivity index (χ0v) is 10.2. The van der Waals surface area contributed by atoms with Crippen LogP contribution in [-0.2, 0) is 19.1 Å². The van der Waals surface area contributed by atoms with Crippen LogP contribution in [0.3, 0.4) is 0 Å². The van der Waals surface area contributed by atoms with Crippen LogP contribution in [0.4, 0.5) is 0 Å². The average Bonchev–Trinajstić information content (AvgIpc) is 2.23. The fourth-order valence-electron chi connectivity index (χ4n) is 0.901. The fraction of sp³-hybridized carbons (Fsp3) is 0.667. The van der Waals surface area contributed by atoms with Crippen LogP contribution in [0.5, 0.6) is 0 Å². The van der Waals surface area contributed by atoms with Crippen LogP contribution < -0.4 is 0 Å². The first-order chi connectivity index (χ1) is 7.47. The predicted molar refractivity (Wildman–Crippen MR) is 60.8 cm³/mol. The van der Waals surface area contributed by atoms with E-state index in [-0.39, 0.29) is 25.1 Å². The lowest BCUT2D eigenvalue weighted by Gasteiger charge is -2.12. The summed E-state index contributed by atoms with van der Waals surface area (Å²) in [6, 6.07) is 0. The van der Waals surface area contributed by atoms with Gasteiger partial charge < -0.3 is 9.47 Å². The van der Waals surface area contributed by atoms with E-state index in [2.05, 4.69) is 6.58 Å². The minimum Gasteiger partial charge on any atom is -0.465 e. The van der Waals surface area contributed by atoms with Crippen molar-refractivity contribution >= 4 is 11.9 Å². The van der Waals surface area contributed by atoms with E-state index >= 15 is 0 Å². The maximum Gasteiger partial charge on any atom is 0.333 e. The summed E-state index contributed by atoms with van der Waals surface area (Å²) in [5.74, 6) is -0.614. The Labute approximate surface area is 96.6 Å². The van der Waals surface area contributed by atoms with Crippen molar-refractivity contribution in [2.75, 3.05) is 13.2 Å². The zero-order chi connectivity index (χ0) is 12.6. The first-order valence-corrected chi connectivity index (χ1v) is 5.45. The van der Waals surface area contributed by atoms with E-state index in [0.717, 1.165) is 6.42 Å². The Morgan fingerprint density at radius 2 is 1.81 bits per heavy atom. The van der Waals surface area contributed by atoms with Gasteiger partial charge in [-0.1, -0.05) is 20.4 Å². The Morgan fingerprint density at radius 1 is 1.25 bits per heavy atom. The van der Waals surface area contributed by atoms with Gasteiger partial charge in [-0.05, 0) is 13.3 Å². The van der Waals surface area contributed by atoms with Gasteiger partial charge in [0.1, 0.15) is 0 Å². The second kappa shape index (κ2) is 7.91. The van der Waals surface area contributed by atoms with Crippen LogP contribution in [-0.4, -0.2) is 25.2 Å². The average molecular weight is 228 g/mol. The van der Waals surface area contributed by atoms with E-state index in [1.54, 1.807) is 6.92 Å². The van der Waals surface area contributed by atoms with E-state index in [1.807, 2.05) is 13.8 Å². The number of hydrogen-bond acceptors (Lipinski definition) is 4. The molecule has 0 aliphatic carbocycles. The second-order valence-corrected chi connectivity index (χ2v) is 3.92. The summed E-state index contributed by atoms with van der Waals surface area (Å²) in [4.78, 5) is 22.1. The van der Waals surface area contributed by atoms with E-state index in [1.165, 1.54) is 0 Å². The van der Waals surface area contributed by atoms with E-state index in [0.29, 0.717) is 12.0 Å². The highest BCUT2D eigenvalue weighted by Gasteiger charge is 2.10. The Kier molecular flexibility index (Phi) is 7.25. The van der Waals surface area contributed by atoms with Gasteiger partial charge in [-0.25, -0.2) is 4.79 Å². The molecule has 0 amide bonds. The van der Waals surface area contributed by atoms with Crippen molar-refractivity contribution in [3.63, 3.8) is 0 Å². The lowest BCUT2D eigenvalue weighted by molar-refractivity contribution is -0.146. The molecule has 16 heavy (non-hydrogen) atoms. The topological polar surface area (TPSA) is 52.6 Å². The third kappa shape index (κ3) is 7.04. The summed E-state index contributed by atoms with van der Waals surface area (Å²) >= 11 is 0. The van der Waals surface area contributed by atoms with Gasteiger partial charge >= 0.3 is 11.9 Å². The van der Waals surface area contributed by atoms with E-state index < -0.39 is 5.97 Å². The maximum absolute atomic E-state index is 11.1. The highest BCUT2D eigenvalue weighted by atomic mass is 16.5. The first kappa shape index (κ1) is 14.7. The molecule has 0 bridgehead atoms. The molecule has 0 heterocycles. The molecule has 0 N–H and O–H groups in total. The lowest BCUT2D eigenvalue weighted by Crippen LogP contribution is -2.18. The van der Waals surface area contributed by atoms with Gasteiger partial charge in [0.05, 0.1) is 13.2 Å². The quantitative estimate of drug-likeness (QED) is 0.494. The minimum absolute atomic E-state index is 0.00380. The summed E-state index contributed by atoms with van der Waals surface area (Å²) in [6.45, 7) is 9.35. The van der Waals surface area contributed by atoms with Gasteiger partial charge in [-0.3, -0.25) is 4.79 Å². The van der Waals surface area contributed by atoms with Gasteiger partial charge in [0, 0.05) is 17.9 Å². The molecular formula is C12H20O4. The Hall–Kier alpha value is -1.32. The van der Waals surface area contributed by atoms with Crippen LogP contribution in [0, 0.1) is 5.92 Å². The largest absolute Gasteiger partial charge is 0.465 e. The highest BCUT2D eigenvalue weighted by Crippen LogP contribution is 2.02. The molecule has 0 rings (SSSR count). The van der Waals surface area contributed by atoms with Crippen molar-refractivity contribution in [2.45, 2.75) is 33.6 Å². The zero-order valence-electron chi connectivity index (χ0n) is 10.2. The van der Waals surface area contributed by atoms with Crippen LogP contribution in [0.2, 0.25) is 0 Å². The SMILES string of the molecule is C=C(C)C(=O)OCC(C)COC(=O)CCC. The molecule has 1 unspecified atom stereocenters. The molecular weight excluding hydrogens is 208 g/mol. The number of ether oxygens (including phenoxy) is 2. The Morgan fingerprint density at radius 3 is 2.31 bits per heavy atom. The molecule has 1 atom stereocenters. The summed E-state index contributed by atoms with van der Waals surface area (Å²) in [5.41, 5.74) is 0.371. The van der Waals surface area contributed by atoms with E-state index in [4.69, 9.17) is 9.47 Å². The fourth-order valence-corrected chi connectivity index (χ4v) is 0.901. The van der Waals surface area contributed by atoms with Crippen molar-refractivity contribution in [3.8, 4) is 0 Å². The van der Waals surface area contributed by atoms with Crippen molar-refractivity contribution in [1.29, 1.82) is 0 Å². The van der Waals surface area contributed by atoms with Crippen molar-refractivity contribution in [2.24, 2.45) is 5.92 Å². The number of carbonyl (C=O) groups excluding carboxylic acids is 2. The van der Waals surface area contributed by atoms with Gasteiger partial charge in [-0.2, -0.15) is 0 Å². The molecule has 92 valence electrons. The molecule has 0 aromatic heterocycles. The number of hydrogen-bond donors (Lipinski definition) is 0. The normalized spacial score (nSPS) is 11.7. The van der Waals surface area contributed by atoms with Gasteiger partial charge in [0.15, 0.2) is 0 Å². The number of rotatable bonds is 7. The van der Waals surface area contributed by atoms with Crippen molar-refractivity contribution in [3.05, 3.63) is 12.2 Å². The third-order valence-corrected chi connectivity index (χ3v) is 1.83. The molecule has 0 aromatic rings. The minimum atomic E-state index is -0.410. The smallest absolute Gasteiger partial charge is 0.333 e. The van der Waals surface area contributed by atoms with Crippen LogP contribution >= 0.6 is 0 Å². The molecule has 0 fully saturated rings. The second-order valence-electron chi connectivity index (χ2n) is 3.92. The van der Waals surface area contributed by atoms with Crippen molar-refractivity contribution in [1.82, 2.24) is 0 Å². The highest BCUT2D eigenvalue weighted by molar-refractivity contribution is 5.86. The van der Waals surface area contributed by atoms with Gasteiger partial charge in [-0.15, -0.1) is 0 Å². The molecule has 0 aromatic carbocycles. The monoisotopic (exact) mass is 228 g/mol. The Bertz CT molecular complexity index is 258. The molecule has 0 spiro atoms. The van der Waals surface area contributed by atoms with Crippen LogP contribution in [0.1, 0.15) is 33.6 Å². The molecule has 0 aliphatic heterocycles. The number of esters is 2. The summed E-state index contributed by atoms with van der Waals surface area (Å²) in [6.07, 6.45) is 1.20. The van der Waals surface area contributed by atoms with Crippen molar-refractivity contribution < 1.29 is 19.1 Å². The molecule has 4 nitrogen and oxygen atoms in total. The van der Waals surface area contributed by atoms with Crippen LogP contribution in [0.15, 0.2) is 12.2 Å². The Balaban J connectivity index is 3.66. The van der Waals surface area contributed by atoms with Gasteiger partial charge in [0.25, 0.3) is 0 Å². The maximum atomic E-state index is 11.1. The first-order valence-electron chi connectivity index (χ1n) is 5.45. The predicted octanol–water partition coefficient (Wildman–Crippen LogP) is 2.09. The summed E-state index contributed by atoms with van der Waals surface area (Å²) < 4.78 is 9.91. The molecule has 0 radical (unpaired) electrons. The standard InChI is InChI=1S/C12H20O4/c1-5-6-11(13)15-7-10(4)8-16-12(14)9(2)3/h10H,2,5-8H2,1,3-4H3. The molecule has 0 saturated carbocycles.